The summed E-state index contributed by atoms with van der Waals surface area (Å²) in [6.07, 6.45) is 4.73. The predicted molar refractivity (Wildman–Crippen MR) is 91.8 cm³/mol. The number of piperidine rings is 1. The summed E-state index contributed by atoms with van der Waals surface area (Å²) < 4.78 is 0. The van der Waals surface area contributed by atoms with Crippen molar-refractivity contribution >= 4 is 11.8 Å². The lowest BCUT2D eigenvalue weighted by Crippen LogP contribution is -2.40. The predicted octanol–water partition coefficient (Wildman–Crippen LogP) is 2.53. The Hall–Kier alpha value is -2.24. The third-order valence-electron chi connectivity index (χ3n) is 4.21. The summed E-state index contributed by atoms with van der Waals surface area (Å²) in [6.45, 7) is 8.10. The maximum atomic E-state index is 4.47. The molecule has 6 nitrogen and oxygen atoms in total. The molecule has 0 bridgehead atoms. The van der Waals surface area contributed by atoms with Gasteiger partial charge in [-0.1, -0.05) is 6.92 Å². The molecule has 0 aliphatic carbocycles. The summed E-state index contributed by atoms with van der Waals surface area (Å²) in [4.78, 5) is 20.0. The molecule has 3 heterocycles. The van der Waals surface area contributed by atoms with Crippen molar-refractivity contribution in [1.82, 2.24) is 19.9 Å². The van der Waals surface area contributed by atoms with Gasteiger partial charge in [0.1, 0.15) is 12.1 Å². The van der Waals surface area contributed by atoms with Gasteiger partial charge in [0.25, 0.3) is 0 Å². The Kier molecular flexibility index (Phi) is 4.69. The van der Waals surface area contributed by atoms with Crippen LogP contribution in [0.2, 0.25) is 0 Å². The lowest BCUT2D eigenvalue weighted by molar-refractivity contribution is 0.520. The molecule has 0 spiro atoms. The van der Waals surface area contributed by atoms with E-state index in [1.54, 1.807) is 6.33 Å². The molecule has 1 saturated heterocycles. The fourth-order valence-corrected chi connectivity index (χ4v) is 2.98. The van der Waals surface area contributed by atoms with Crippen molar-refractivity contribution in [3.8, 4) is 0 Å². The first kappa shape index (κ1) is 15.6. The molecule has 0 unspecified atom stereocenters. The third-order valence-corrected chi connectivity index (χ3v) is 4.21. The van der Waals surface area contributed by atoms with E-state index in [2.05, 4.69) is 43.1 Å². The van der Waals surface area contributed by atoms with E-state index in [0.29, 0.717) is 6.04 Å². The zero-order chi connectivity index (χ0) is 16.2. The Morgan fingerprint density at radius 2 is 1.78 bits per heavy atom. The van der Waals surface area contributed by atoms with Crippen molar-refractivity contribution in [2.45, 2.75) is 46.1 Å². The van der Waals surface area contributed by atoms with Crippen molar-refractivity contribution < 1.29 is 0 Å². The molecule has 6 heteroatoms. The largest absolute Gasteiger partial charge is 0.356 e. The van der Waals surface area contributed by atoms with Crippen LogP contribution in [0.15, 0.2) is 18.5 Å². The van der Waals surface area contributed by atoms with Crippen molar-refractivity contribution in [1.29, 1.82) is 0 Å². The second kappa shape index (κ2) is 6.89. The molecular formula is C17H24N6. The highest BCUT2D eigenvalue weighted by Crippen LogP contribution is 2.20. The number of anilines is 2. The van der Waals surface area contributed by atoms with Crippen molar-refractivity contribution in [3.63, 3.8) is 0 Å². The summed E-state index contributed by atoms with van der Waals surface area (Å²) >= 11 is 0. The molecular weight excluding hydrogens is 288 g/mol. The van der Waals surface area contributed by atoms with Crippen LogP contribution in [0.1, 0.15) is 36.8 Å². The van der Waals surface area contributed by atoms with E-state index in [-0.39, 0.29) is 0 Å². The molecule has 122 valence electrons. The van der Waals surface area contributed by atoms with Crippen LogP contribution in [-0.4, -0.2) is 39.1 Å². The van der Waals surface area contributed by atoms with Gasteiger partial charge in [-0.25, -0.2) is 19.9 Å². The van der Waals surface area contributed by atoms with Crippen LogP contribution in [-0.2, 0) is 6.42 Å². The van der Waals surface area contributed by atoms with Crippen LogP contribution < -0.4 is 10.2 Å². The molecule has 2 aromatic rings. The highest BCUT2D eigenvalue weighted by atomic mass is 15.2. The topological polar surface area (TPSA) is 66.8 Å². The first-order chi connectivity index (χ1) is 11.1. The van der Waals surface area contributed by atoms with E-state index in [0.717, 1.165) is 61.2 Å². The van der Waals surface area contributed by atoms with Gasteiger partial charge in [0.15, 0.2) is 0 Å². The van der Waals surface area contributed by atoms with Crippen molar-refractivity contribution in [3.05, 3.63) is 35.5 Å². The van der Waals surface area contributed by atoms with Crippen LogP contribution in [0.3, 0.4) is 0 Å². The van der Waals surface area contributed by atoms with Gasteiger partial charge in [-0.15, -0.1) is 0 Å². The summed E-state index contributed by atoms with van der Waals surface area (Å²) in [5.74, 6) is 1.79. The van der Waals surface area contributed by atoms with Crippen LogP contribution >= 0.6 is 0 Å². The minimum Gasteiger partial charge on any atom is -0.356 e. The molecule has 2 aromatic heterocycles. The lowest BCUT2D eigenvalue weighted by atomic mass is 10.1. The SMILES string of the molecule is CCc1cc(N2CCC(Nc3nc(C)cc(C)n3)CC2)ncn1. The molecule has 1 fully saturated rings. The zero-order valence-corrected chi connectivity index (χ0v) is 14.1. The average Bonchev–Trinajstić information content (AvgIpc) is 2.55. The van der Waals surface area contributed by atoms with Crippen molar-refractivity contribution in [2.75, 3.05) is 23.3 Å². The quantitative estimate of drug-likeness (QED) is 0.936. The summed E-state index contributed by atoms with van der Waals surface area (Å²) in [7, 11) is 0. The average molecular weight is 312 g/mol. The summed E-state index contributed by atoms with van der Waals surface area (Å²) in [6, 6.07) is 4.51. The van der Waals surface area contributed by atoms with E-state index in [4.69, 9.17) is 0 Å². The Bertz CT molecular complexity index is 644. The highest BCUT2D eigenvalue weighted by molar-refractivity contribution is 5.40. The monoisotopic (exact) mass is 312 g/mol. The van der Waals surface area contributed by atoms with E-state index < -0.39 is 0 Å². The van der Waals surface area contributed by atoms with Gasteiger partial charge >= 0.3 is 0 Å². The van der Waals surface area contributed by atoms with E-state index in [9.17, 15) is 0 Å². The first-order valence-electron chi connectivity index (χ1n) is 8.28. The second-order valence-electron chi connectivity index (χ2n) is 6.10. The third kappa shape index (κ3) is 3.94. The molecule has 23 heavy (non-hydrogen) atoms. The molecule has 0 radical (unpaired) electrons. The van der Waals surface area contributed by atoms with Gasteiger partial charge in [0, 0.05) is 42.3 Å². The van der Waals surface area contributed by atoms with E-state index >= 15 is 0 Å². The Morgan fingerprint density at radius 1 is 1.09 bits per heavy atom. The van der Waals surface area contributed by atoms with Crippen LogP contribution in [0.25, 0.3) is 0 Å². The van der Waals surface area contributed by atoms with E-state index in [1.807, 2.05) is 19.9 Å². The Balaban J connectivity index is 1.59. The standard InChI is InChI=1S/C17H24N6/c1-4-14-10-16(19-11-18-14)23-7-5-15(6-8-23)22-17-20-12(2)9-13(3)21-17/h9-11,15H,4-8H2,1-3H3,(H,20,21,22). The number of hydrogen-bond acceptors (Lipinski definition) is 6. The fraction of sp³-hybridized carbons (Fsp3) is 0.529. The molecule has 0 saturated carbocycles. The van der Waals surface area contributed by atoms with Gasteiger partial charge in [0.05, 0.1) is 0 Å². The maximum Gasteiger partial charge on any atom is 0.223 e. The Labute approximate surface area is 137 Å². The summed E-state index contributed by atoms with van der Waals surface area (Å²) in [5.41, 5.74) is 3.11. The Morgan fingerprint density at radius 3 is 2.43 bits per heavy atom. The first-order valence-corrected chi connectivity index (χ1v) is 8.28. The van der Waals surface area contributed by atoms with Crippen molar-refractivity contribution in [2.24, 2.45) is 0 Å². The van der Waals surface area contributed by atoms with Crippen LogP contribution in [0, 0.1) is 13.8 Å². The molecule has 3 rings (SSSR count). The number of aryl methyl sites for hydroxylation is 3. The van der Waals surface area contributed by atoms with Gasteiger partial charge in [-0.05, 0) is 39.2 Å². The molecule has 0 amide bonds. The maximum absolute atomic E-state index is 4.47. The molecule has 0 aromatic carbocycles. The molecule has 0 atom stereocenters. The van der Waals surface area contributed by atoms with Gasteiger partial charge in [-0.3, -0.25) is 0 Å². The molecule has 1 aliphatic rings. The zero-order valence-electron chi connectivity index (χ0n) is 14.1. The number of hydrogen-bond donors (Lipinski definition) is 1. The minimum atomic E-state index is 0.417. The fourth-order valence-electron chi connectivity index (χ4n) is 2.98. The smallest absolute Gasteiger partial charge is 0.223 e. The number of aromatic nitrogens is 4. The normalized spacial score (nSPS) is 15.7. The summed E-state index contributed by atoms with van der Waals surface area (Å²) in [5, 5.41) is 3.48. The van der Waals surface area contributed by atoms with E-state index in [1.165, 1.54) is 0 Å². The molecule has 1 N–H and O–H groups in total. The number of rotatable bonds is 4. The molecule has 1 aliphatic heterocycles. The minimum absolute atomic E-state index is 0.417. The van der Waals surface area contributed by atoms with Crippen LogP contribution in [0.5, 0.6) is 0 Å². The van der Waals surface area contributed by atoms with Crippen LogP contribution in [0.4, 0.5) is 11.8 Å². The van der Waals surface area contributed by atoms with Gasteiger partial charge in [0.2, 0.25) is 5.95 Å². The van der Waals surface area contributed by atoms with Gasteiger partial charge in [-0.2, -0.15) is 0 Å². The number of nitrogens with zero attached hydrogens (tertiary/aromatic N) is 5. The van der Waals surface area contributed by atoms with Gasteiger partial charge < -0.3 is 10.2 Å². The highest BCUT2D eigenvalue weighted by Gasteiger charge is 2.21. The lowest BCUT2D eigenvalue weighted by Gasteiger charge is -2.33. The number of nitrogens with one attached hydrogen (secondary N) is 1. The second-order valence-corrected chi connectivity index (χ2v) is 6.10.